The summed E-state index contributed by atoms with van der Waals surface area (Å²) in [5.74, 6) is 0.0166. The third-order valence-corrected chi connectivity index (χ3v) is 1.88. The zero-order valence-electron chi connectivity index (χ0n) is 5.82. The van der Waals surface area contributed by atoms with Crippen LogP contribution in [0.25, 0.3) is 0 Å². The first-order chi connectivity index (χ1) is 5.22. The summed E-state index contributed by atoms with van der Waals surface area (Å²) in [6.45, 7) is 0.470. The van der Waals surface area contributed by atoms with Gasteiger partial charge >= 0.3 is 0 Å². The lowest BCUT2D eigenvalue weighted by atomic mass is 10.6. The molecule has 0 aliphatic carbocycles. The monoisotopic (exact) mass is 171 g/mol. The van der Waals surface area contributed by atoms with Gasteiger partial charge in [0.1, 0.15) is 0 Å². The highest BCUT2D eigenvalue weighted by molar-refractivity contribution is 7.15. The number of thiazole rings is 1. The van der Waals surface area contributed by atoms with Crippen LogP contribution < -0.4 is 17.2 Å². The predicted molar refractivity (Wildman–Crippen MR) is 45.5 cm³/mol. The molecule has 1 heterocycles. The summed E-state index contributed by atoms with van der Waals surface area (Å²) >= 11 is 1.38. The minimum absolute atomic E-state index is 0.0166. The summed E-state index contributed by atoms with van der Waals surface area (Å²) < 4.78 is 0. The number of aromatic nitrogens is 1. The largest absolute Gasteiger partial charge is 0.370 e. The summed E-state index contributed by atoms with van der Waals surface area (Å²) in [5.41, 5.74) is 15.6. The van der Waals surface area contributed by atoms with Gasteiger partial charge in [-0.3, -0.25) is 0 Å². The summed E-state index contributed by atoms with van der Waals surface area (Å²) in [6.07, 6.45) is 1.66. The van der Waals surface area contributed by atoms with Gasteiger partial charge in [0.25, 0.3) is 0 Å². The van der Waals surface area contributed by atoms with Gasteiger partial charge in [0.2, 0.25) is 5.13 Å². The number of nitrogens with two attached hydrogens (primary N) is 3. The Morgan fingerprint density at radius 3 is 2.82 bits per heavy atom. The van der Waals surface area contributed by atoms with Gasteiger partial charge in [-0.25, -0.2) is 4.98 Å². The second-order valence-corrected chi connectivity index (χ2v) is 2.94. The van der Waals surface area contributed by atoms with Gasteiger partial charge in [0.05, 0.1) is 0 Å². The van der Waals surface area contributed by atoms with Crippen molar-refractivity contribution in [1.29, 1.82) is 0 Å². The maximum atomic E-state index is 5.35. The zero-order valence-corrected chi connectivity index (χ0v) is 6.64. The summed E-state index contributed by atoms with van der Waals surface area (Å²) in [6, 6.07) is 0. The van der Waals surface area contributed by atoms with Crippen LogP contribution in [0.15, 0.2) is 11.2 Å². The van der Waals surface area contributed by atoms with Gasteiger partial charge < -0.3 is 17.2 Å². The van der Waals surface area contributed by atoms with E-state index in [-0.39, 0.29) is 5.96 Å². The molecule has 0 aliphatic rings. The Labute approximate surface area is 67.9 Å². The van der Waals surface area contributed by atoms with Crippen molar-refractivity contribution >= 4 is 22.4 Å². The van der Waals surface area contributed by atoms with Crippen molar-refractivity contribution in [1.82, 2.24) is 4.98 Å². The highest BCUT2D eigenvalue weighted by atomic mass is 32.1. The fourth-order valence-electron chi connectivity index (χ4n) is 0.554. The maximum absolute atomic E-state index is 5.35. The van der Waals surface area contributed by atoms with Gasteiger partial charge in [-0.1, -0.05) is 11.3 Å². The van der Waals surface area contributed by atoms with Crippen LogP contribution in [0.2, 0.25) is 0 Å². The fourth-order valence-corrected chi connectivity index (χ4v) is 1.23. The fraction of sp³-hybridized carbons (Fsp3) is 0.200. The quantitative estimate of drug-likeness (QED) is 0.412. The average molecular weight is 171 g/mol. The highest BCUT2D eigenvalue weighted by Crippen LogP contribution is 2.19. The second kappa shape index (κ2) is 3.31. The van der Waals surface area contributed by atoms with E-state index < -0.39 is 0 Å². The van der Waals surface area contributed by atoms with Gasteiger partial charge in [0.15, 0.2) is 5.96 Å². The molecule has 0 aliphatic heterocycles. The van der Waals surface area contributed by atoms with E-state index >= 15 is 0 Å². The van der Waals surface area contributed by atoms with Crippen LogP contribution >= 0.6 is 11.3 Å². The van der Waals surface area contributed by atoms with Crippen molar-refractivity contribution in [2.75, 3.05) is 0 Å². The van der Waals surface area contributed by atoms with E-state index in [4.69, 9.17) is 17.2 Å². The van der Waals surface area contributed by atoms with E-state index in [1.165, 1.54) is 11.3 Å². The topological polar surface area (TPSA) is 103 Å². The van der Waals surface area contributed by atoms with Crippen molar-refractivity contribution in [3.05, 3.63) is 11.1 Å². The van der Waals surface area contributed by atoms with E-state index in [1.807, 2.05) is 0 Å². The molecule has 0 amide bonds. The molecule has 0 saturated heterocycles. The number of aliphatic imine (C=N–C) groups is 1. The number of guanidine groups is 1. The minimum atomic E-state index is 0.0166. The molecule has 0 spiro atoms. The SMILES string of the molecule is NCc1cnc(N=C(N)N)s1. The molecule has 0 fully saturated rings. The Morgan fingerprint density at radius 1 is 1.64 bits per heavy atom. The van der Waals surface area contributed by atoms with Gasteiger partial charge in [0, 0.05) is 17.6 Å². The van der Waals surface area contributed by atoms with Gasteiger partial charge in [-0.15, -0.1) is 0 Å². The first-order valence-corrected chi connectivity index (χ1v) is 3.78. The molecule has 0 aromatic carbocycles. The lowest BCUT2D eigenvalue weighted by Crippen LogP contribution is -2.21. The molecule has 0 saturated carbocycles. The third-order valence-electron chi connectivity index (χ3n) is 0.967. The Hall–Kier alpha value is -1.14. The van der Waals surface area contributed by atoms with E-state index in [2.05, 4.69) is 9.98 Å². The van der Waals surface area contributed by atoms with Crippen molar-refractivity contribution in [3.8, 4) is 0 Å². The molecule has 5 nitrogen and oxygen atoms in total. The minimum Gasteiger partial charge on any atom is -0.370 e. The van der Waals surface area contributed by atoms with E-state index in [0.717, 1.165) is 4.88 Å². The van der Waals surface area contributed by atoms with E-state index in [9.17, 15) is 0 Å². The highest BCUT2D eigenvalue weighted by Gasteiger charge is 1.97. The molecular weight excluding hydrogens is 162 g/mol. The van der Waals surface area contributed by atoms with Crippen LogP contribution in [0.5, 0.6) is 0 Å². The number of rotatable bonds is 2. The van der Waals surface area contributed by atoms with Crippen molar-refractivity contribution < 1.29 is 0 Å². The maximum Gasteiger partial charge on any atom is 0.212 e. The van der Waals surface area contributed by atoms with Crippen LogP contribution in [-0.2, 0) is 6.54 Å². The molecule has 6 heteroatoms. The van der Waals surface area contributed by atoms with Crippen LogP contribution in [0.3, 0.4) is 0 Å². The number of hydrogen-bond donors (Lipinski definition) is 3. The summed E-state index contributed by atoms with van der Waals surface area (Å²) in [7, 11) is 0. The van der Waals surface area contributed by atoms with Crippen LogP contribution in [-0.4, -0.2) is 10.9 Å². The van der Waals surface area contributed by atoms with Crippen LogP contribution in [0.1, 0.15) is 4.88 Å². The smallest absolute Gasteiger partial charge is 0.212 e. The Bertz CT molecular complexity index is 262. The molecule has 0 radical (unpaired) electrons. The van der Waals surface area contributed by atoms with Crippen molar-refractivity contribution in [2.45, 2.75) is 6.54 Å². The first-order valence-electron chi connectivity index (χ1n) is 2.97. The second-order valence-electron chi connectivity index (χ2n) is 1.85. The molecule has 1 aromatic rings. The Kier molecular flexibility index (Phi) is 2.40. The Balaban J connectivity index is 2.81. The van der Waals surface area contributed by atoms with Crippen molar-refractivity contribution in [2.24, 2.45) is 22.2 Å². The van der Waals surface area contributed by atoms with Crippen molar-refractivity contribution in [3.63, 3.8) is 0 Å². The molecule has 0 bridgehead atoms. The lowest BCUT2D eigenvalue weighted by molar-refractivity contribution is 1.10. The molecule has 0 atom stereocenters. The number of nitrogens with zero attached hydrogens (tertiary/aromatic N) is 2. The zero-order chi connectivity index (χ0) is 8.27. The Morgan fingerprint density at radius 2 is 2.36 bits per heavy atom. The molecule has 11 heavy (non-hydrogen) atoms. The molecular formula is C5H9N5S. The lowest BCUT2D eigenvalue weighted by Gasteiger charge is -1.85. The van der Waals surface area contributed by atoms with E-state index in [1.54, 1.807) is 6.20 Å². The van der Waals surface area contributed by atoms with E-state index in [0.29, 0.717) is 11.7 Å². The molecule has 1 aromatic heterocycles. The average Bonchev–Trinajstić information content (AvgIpc) is 2.34. The van der Waals surface area contributed by atoms with Crippen LogP contribution in [0.4, 0.5) is 5.13 Å². The molecule has 0 unspecified atom stereocenters. The van der Waals surface area contributed by atoms with Crippen LogP contribution in [0, 0.1) is 0 Å². The summed E-state index contributed by atoms with van der Waals surface area (Å²) in [4.78, 5) is 8.63. The van der Waals surface area contributed by atoms with Gasteiger partial charge in [-0.2, -0.15) is 4.99 Å². The molecule has 6 N–H and O–H groups in total. The van der Waals surface area contributed by atoms with Gasteiger partial charge in [-0.05, 0) is 0 Å². The summed E-state index contributed by atoms with van der Waals surface area (Å²) in [5, 5.41) is 0.547. The standard InChI is InChI=1S/C5H9N5S/c6-1-3-2-9-5(11-3)10-4(7)8/h2H,1,6H2,(H4,7,8,9,10). The molecule has 1 rings (SSSR count). The first kappa shape index (κ1) is 7.96. The predicted octanol–water partition coefficient (Wildman–Crippen LogP) is -0.493. The number of hydrogen-bond acceptors (Lipinski definition) is 4. The normalized spacial score (nSPS) is 9.55. The molecule has 60 valence electrons. The third kappa shape index (κ3) is 2.17.